The largest absolute Gasteiger partial charge is 0.390 e. The fourth-order valence-electron chi connectivity index (χ4n) is 10.8. The number of likely N-dealkylation sites (N-methyl/N-ethyl adjacent to an activating group) is 1. The maximum Gasteiger partial charge on any atom is 0.246 e. The Bertz CT molecular complexity index is 1510. The molecule has 2 heterocycles. The van der Waals surface area contributed by atoms with Crippen molar-refractivity contribution in [3.05, 3.63) is 38.1 Å². The highest BCUT2D eigenvalue weighted by Crippen LogP contribution is 2.88. The molecule has 0 aromatic rings. The molecule has 7 atom stereocenters. The summed E-state index contributed by atoms with van der Waals surface area (Å²) in [6, 6.07) is -0.812. The molecular formula is C51H92N6O6. The minimum absolute atomic E-state index is 0.00693. The number of hydrogen-bond donors (Lipinski definition) is 4. The summed E-state index contributed by atoms with van der Waals surface area (Å²) in [4.78, 5) is 66.1. The molecule has 3 aliphatic carbocycles. The maximum absolute atomic E-state index is 14.6. The number of rotatable bonds is 15. The van der Waals surface area contributed by atoms with Crippen LogP contribution in [-0.2, 0) is 28.7 Å². The van der Waals surface area contributed by atoms with Crippen LogP contribution in [0, 0.1) is 33.0 Å². The standard InChI is InChI=1S/C33H53N5O4.C9H19N.C6H14O.C2H4.CH2O/c1-12-21-16-33(21,20(2)34-11)37-25(40)22-17-32(30(9,10)31(32)14-13-15-31)18-38(22)27(42)24(29(6,7)8)36-26(41)23(35-19-39)28(3,4)5;1-8(2)10-7-5-4-6-9(10)3;1-3-5-7-6-4-2;2*1-2/h12,19,21-24,34H,1-2,13-18H2,3-11H3,(H,35,39)(H,36,41)(H,37,40);8-9H,4-7H2,1-3H3;3-6H2,1-2H3;1-2H2;1H2/t21-,22?,23?,24-,32?,33+;9-;;;/m11.../s1. The number of hydrogen-bond acceptors (Lipinski definition) is 8. The van der Waals surface area contributed by atoms with Crippen LogP contribution in [-0.4, -0.2) is 110 Å². The van der Waals surface area contributed by atoms with Crippen molar-refractivity contribution in [3.63, 3.8) is 0 Å². The van der Waals surface area contributed by atoms with Crippen LogP contribution < -0.4 is 21.3 Å². The van der Waals surface area contributed by atoms with Crippen molar-refractivity contribution < 1.29 is 28.7 Å². The summed E-state index contributed by atoms with van der Waals surface area (Å²) >= 11 is 0. The van der Waals surface area contributed by atoms with Gasteiger partial charge in [-0.25, -0.2) is 0 Å². The molecule has 362 valence electrons. The second-order valence-electron chi connectivity index (χ2n) is 21.2. The van der Waals surface area contributed by atoms with E-state index in [-0.39, 0.29) is 34.0 Å². The minimum atomic E-state index is -0.893. The van der Waals surface area contributed by atoms with Crippen molar-refractivity contribution in [2.45, 2.75) is 190 Å². The van der Waals surface area contributed by atoms with Gasteiger partial charge in [0.1, 0.15) is 24.9 Å². The summed E-state index contributed by atoms with van der Waals surface area (Å²) in [6.07, 6.45) is 13.6. The number of likely N-dealkylation sites (tertiary alicyclic amines) is 2. The van der Waals surface area contributed by atoms with E-state index in [0.29, 0.717) is 25.8 Å². The minimum Gasteiger partial charge on any atom is -0.390 e. The van der Waals surface area contributed by atoms with Gasteiger partial charge in [0.2, 0.25) is 24.1 Å². The summed E-state index contributed by atoms with van der Waals surface area (Å²) in [6.45, 7) is 46.8. The first-order chi connectivity index (χ1) is 29.4. The summed E-state index contributed by atoms with van der Waals surface area (Å²) < 4.78 is 5.13. The zero-order chi connectivity index (χ0) is 48.8. The molecule has 2 aliphatic heterocycles. The van der Waals surface area contributed by atoms with Crippen molar-refractivity contribution >= 4 is 30.9 Å². The topological polar surface area (TPSA) is 149 Å². The normalized spacial score (nSPS) is 27.0. The summed E-state index contributed by atoms with van der Waals surface area (Å²) in [5, 5.41) is 12.0. The number of carbonyl (C=O) groups is 5. The Labute approximate surface area is 384 Å². The Kier molecular flexibility index (Phi) is 22.0. The number of piperidine rings is 1. The molecule has 12 nitrogen and oxygen atoms in total. The number of fused-ring (bicyclic) bond motifs is 1. The summed E-state index contributed by atoms with van der Waals surface area (Å²) in [7, 11) is 1.79. The molecule has 5 fully saturated rings. The third kappa shape index (κ3) is 12.6. The van der Waals surface area contributed by atoms with E-state index < -0.39 is 40.4 Å². The Balaban J connectivity index is 0.000000779. The highest BCUT2D eigenvalue weighted by molar-refractivity contribution is 5.95. The van der Waals surface area contributed by atoms with Gasteiger partial charge in [-0.1, -0.05) is 94.7 Å². The van der Waals surface area contributed by atoms with E-state index in [4.69, 9.17) is 9.53 Å². The molecule has 2 spiro atoms. The van der Waals surface area contributed by atoms with Crippen LogP contribution >= 0.6 is 0 Å². The third-order valence-electron chi connectivity index (χ3n) is 14.9. The molecule has 63 heavy (non-hydrogen) atoms. The Morgan fingerprint density at radius 2 is 1.44 bits per heavy atom. The van der Waals surface area contributed by atoms with E-state index in [0.717, 1.165) is 56.7 Å². The molecule has 0 aromatic heterocycles. The SMILES string of the molecule is C=C.C=C[C@@H]1C[C@]1(NC(=O)C1CC2(CN1C(=O)[C@@H](NC(=O)C(NC=O)C(C)(C)C)C(C)(C)C)C(C)(C)C21CCC1)C(=C)NC.C=O.CC(C)N1CCCC[C@H]1C.CCCOCCC. The van der Waals surface area contributed by atoms with Gasteiger partial charge >= 0.3 is 0 Å². The average molecular weight is 885 g/mol. The monoisotopic (exact) mass is 885 g/mol. The molecule has 0 bridgehead atoms. The lowest BCUT2D eigenvalue weighted by molar-refractivity contribution is -0.145. The highest BCUT2D eigenvalue weighted by atomic mass is 16.5. The van der Waals surface area contributed by atoms with Crippen LogP contribution in [0.3, 0.4) is 0 Å². The Hall–Kier alpha value is -3.51. The van der Waals surface area contributed by atoms with Crippen molar-refractivity contribution in [1.29, 1.82) is 0 Å². The lowest BCUT2D eigenvalue weighted by Gasteiger charge is -2.38. The van der Waals surface area contributed by atoms with Crippen LogP contribution in [0.15, 0.2) is 38.1 Å². The molecule has 4 N–H and O–H groups in total. The lowest BCUT2D eigenvalue weighted by atomic mass is 9.73. The third-order valence-corrected chi connectivity index (χ3v) is 14.9. The lowest BCUT2D eigenvalue weighted by Crippen LogP contribution is -2.62. The van der Waals surface area contributed by atoms with Gasteiger partial charge in [0.25, 0.3) is 0 Å². The van der Waals surface area contributed by atoms with Crippen LogP contribution in [0.1, 0.15) is 154 Å². The molecule has 0 aromatic carbocycles. The fraction of sp³-hybridized carbons (Fsp3) is 0.784. The molecule has 3 saturated carbocycles. The van der Waals surface area contributed by atoms with E-state index >= 15 is 0 Å². The first kappa shape index (κ1) is 57.5. The van der Waals surface area contributed by atoms with Crippen molar-refractivity contribution in [2.24, 2.45) is 33.0 Å². The van der Waals surface area contributed by atoms with Gasteiger partial charge in [0.15, 0.2) is 0 Å². The molecule has 3 unspecified atom stereocenters. The molecule has 2 saturated heterocycles. The van der Waals surface area contributed by atoms with Crippen LogP contribution in [0.25, 0.3) is 0 Å². The van der Waals surface area contributed by atoms with Gasteiger partial charge in [0.05, 0.1) is 5.54 Å². The Morgan fingerprint density at radius 1 is 0.889 bits per heavy atom. The molecule has 4 amide bonds. The van der Waals surface area contributed by atoms with Gasteiger partial charge in [-0.2, -0.15) is 0 Å². The van der Waals surface area contributed by atoms with Gasteiger partial charge in [-0.05, 0) is 100 Å². The molecule has 0 radical (unpaired) electrons. The Morgan fingerprint density at radius 3 is 1.81 bits per heavy atom. The first-order valence-corrected chi connectivity index (χ1v) is 23.7. The summed E-state index contributed by atoms with van der Waals surface area (Å²) in [5.41, 5.74) is -1.12. The van der Waals surface area contributed by atoms with Gasteiger partial charge in [-0.15, -0.1) is 19.7 Å². The maximum atomic E-state index is 14.6. The van der Waals surface area contributed by atoms with Crippen molar-refractivity contribution in [3.8, 4) is 0 Å². The average Bonchev–Trinajstić information content (AvgIpc) is 3.94. The van der Waals surface area contributed by atoms with Crippen LogP contribution in [0.4, 0.5) is 0 Å². The van der Waals surface area contributed by atoms with Crippen molar-refractivity contribution in [1.82, 2.24) is 31.1 Å². The van der Waals surface area contributed by atoms with Crippen LogP contribution in [0.2, 0.25) is 0 Å². The predicted molar refractivity (Wildman–Crippen MR) is 259 cm³/mol. The van der Waals surface area contributed by atoms with E-state index in [2.05, 4.69) is 101 Å². The smallest absolute Gasteiger partial charge is 0.246 e. The predicted octanol–water partition coefficient (Wildman–Crippen LogP) is 7.98. The fourth-order valence-corrected chi connectivity index (χ4v) is 10.8. The van der Waals surface area contributed by atoms with E-state index in [1.54, 1.807) is 11.9 Å². The second-order valence-corrected chi connectivity index (χ2v) is 21.2. The number of nitrogens with zero attached hydrogens (tertiary/aromatic N) is 2. The number of nitrogens with one attached hydrogen (secondary N) is 4. The number of amides is 4. The van der Waals surface area contributed by atoms with E-state index in [1.807, 2.05) is 54.4 Å². The second kappa shape index (κ2) is 24.1. The van der Waals surface area contributed by atoms with Gasteiger partial charge < -0.3 is 35.7 Å². The molecule has 12 heteroatoms. The zero-order valence-corrected chi connectivity index (χ0v) is 42.4. The van der Waals surface area contributed by atoms with Gasteiger partial charge in [-0.3, -0.25) is 24.1 Å². The quantitative estimate of drug-likeness (QED) is 0.0736. The summed E-state index contributed by atoms with van der Waals surface area (Å²) in [5.74, 6) is -0.803. The van der Waals surface area contributed by atoms with Crippen LogP contribution in [0.5, 0.6) is 0 Å². The van der Waals surface area contributed by atoms with E-state index in [9.17, 15) is 19.2 Å². The highest BCUT2D eigenvalue weighted by Gasteiger charge is 2.85. The van der Waals surface area contributed by atoms with E-state index in [1.165, 1.54) is 32.2 Å². The molecule has 5 aliphatic rings. The van der Waals surface area contributed by atoms with Crippen molar-refractivity contribution in [2.75, 3.05) is 33.4 Å². The van der Waals surface area contributed by atoms with Gasteiger partial charge in [0, 0.05) is 55.9 Å². The molecule has 5 rings (SSSR count). The first-order valence-electron chi connectivity index (χ1n) is 23.7. The molecular weight excluding hydrogens is 793 g/mol. The number of carbonyl (C=O) groups excluding carboxylic acids is 5. The zero-order valence-electron chi connectivity index (χ0n) is 42.4. The number of ether oxygens (including phenoxy) is 1.